The number of methoxy groups -OCH3 is 1. The molecular weight excluding hydrogens is 781 g/mol. The van der Waals surface area contributed by atoms with Gasteiger partial charge in [-0.1, -0.05) is 72.3 Å². The van der Waals surface area contributed by atoms with Crippen LogP contribution >= 0.6 is 11.6 Å². The number of anilines is 4. The Balaban J connectivity index is 1.06. The Morgan fingerprint density at radius 1 is 0.828 bits per heavy atom. The highest BCUT2D eigenvalue weighted by Crippen LogP contribution is 2.48. The van der Waals surface area contributed by atoms with Crippen LogP contribution in [-0.4, -0.2) is 71.1 Å². The summed E-state index contributed by atoms with van der Waals surface area (Å²) in [4.78, 5) is 63.5. The highest BCUT2D eigenvalue weighted by Gasteiger charge is 2.45. The lowest BCUT2D eigenvalue weighted by molar-refractivity contribution is -0.154. The summed E-state index contributed by atoms with van der Waals surface area (Å²) in [5.74, 6) is -3.48. The van der Waals surface area contributed by atoms with E-state index in [1.807, 2.05) is 54.6 Å². The molecule has 1 atom stereocenters. The third-order valence-corrected chi connectivity index (χ3v) is 9.11. The maximum Gasteiger partial charge on any atom is 0.422 e. The van der Waals surface area contributed by atoms with Gasteiger partial charge in [0.2, 0.25) is 11.9 Å². The average molecular weight is 817 g/mol. The molecule has 5 N–H and O–H groups in total. The summed E-state index contributed by atoms with van der Waals surface area (Å²) in [7, 11) is 1.14. The summed E-state index contributed by atoms with van der Waals surface area (Å²) in [6.07, 6.45) is -3.33. The highest BCUT2D eigenvalue weighted by atomic mass is 35.5. The van der Waals surface area contributed by atoms with Gasteiger partial charge in [0.05, 0.1) is 12.6 Å². The lowest BCUT2D eigenvalue weighted by Gasteiger charge is -2.19. The monoisotopic (exact) mass is 816 g/mol. The number of hydrogen-bond acceptors (Lipinski definition) is 11. The first-order valence-corrected chi connectivity index (χ1v) is 18.2. The smallest absolute Gasteiger partial charge is 0.422 e. The molecule has 1 heterocycles. The van der Waals surface area contributed by atoms with E-state index in [1.54, 1.807) is 24.3 Å². The van der Waals surface area contributed by atoms with Crippen LogP contribution in [0.3, 0.4) is 0 Å². The van der Waals surface area contributed by atoms with Crippen molar-refractivity contribution in [2.75, 3.05) is 36.2 Å². The van der Waals surface area contributed by atoms with E-state index in [4.69, 9.17) is 21.1 Å². The number of carbonyl (C=O) groups excluding carboxylic acids is 4. The molecule has 14 nitrogen and oxygen atoms in total. The Bertz CT molecular complexity index is 2260. The summed E-state index contributed by atoms with van der Waals surface area (Å²) in [6.45, 7) is -1.78. The van der Waals surface area contributed by atoms with Gasteiger partial charge in [-0.3, -0.25) is 14.4 Å². The Morgan fingerprint density at radius 2 is 1.50 bits per heavy atom. The quantitative estimate of drug-likeness (QED) is 0.0582. The number of aromatic nitrogens is 3. The van der Waals surface area contributed by atoms with E-state index in [2.05, 4.69) is 41.5 Å². The van der Waals surface area contributed by atoms with E-state index in [1.165, 1.54) is 24.3 Å². The first kappa shape index (κ1) is 40.9. The molecule has 1 fully saturated rings. The molecule has 5 aromatic rings. The lowest BCUT2D eigenvalue weighted by atomic mass is 10.0. The van der Waals surface area contributed by atoms with E-state index in [0.29, 0.717) is 29.2 Å². The summed E-state index contributed by atoms with van der Waals surface area (Å²) in [6, 6.07) is 27.5. The predicted molar refractivity (Wildman–Crippen MR) is 208 cm³/mol. The number of nitrogens with zero attached hydrogens (tertiary/aromatic N) is 3. The molecule has 18 heteroatoms. The first-order valence-electron chi connectivity index (χ1n) is 17.8. The number of hydrogen-bond donors (Lipinski definition) is 5. The average Bonchev–Trinajstić information content (AvgIpc) is 4.00. The van der Waals surface area contributed by atoms with Gasteiger partial charge in [0.25, 0.3) is 5.91 Å². The number of halogens is 4. The van der Waals surface area contributed by atoms with Crippen molar-refractivity contribution in [2.45, 2.75) is 37.0 Å². The van der Waals surface area contributed by atoms with Crippen molar-refractivity contribution in [1.29, 1.82) is 0 Å². The number of esters is 1. The second-order valence-electron chi connectivity index (χ2n) is 13.0. The van der Waals surface area contributed by atoms with E-state index < -0.39 is 54.1 Å². The number of nitrogens with one attached hydrogen (secondary N) is 5. The molecule has 0 spiro atoms. The first-order chi connectivity index (χ1) is 27.8. The molecule has 6 rings (SSSR count). The predicted octanol–water partition coefficient (Wildman–Crippen LogP) is 6.39. The minimum atomic E-state index is -4.64. The maximum atomic E-state index is 13.2. The normalized spacial score (nSPS) is 13.3. The fourth-order valence-corrected chi connectivity index (χ4v) is 5.92. The number of rotatable bonds is 15. The molecule has 0 aliphatic heterocycles. The van der Waals surface area contributed by atoms with Crippen LogP contribution in [0.5, 0.6) is 6.01 Å². The Hall–Kier alpha value is -6.75. The van der Waals surface area contributed by atoms with Gasteiger partial charge in [0.1, 0.15) is 6.04 Å². The minimum Gasteiger partial charge on any atom is -0.467 e. The Kier molecular flexibility index (Phi) is 12.7. The zero-order chi connectivity index (χ0) is 41.3. The van der Waals surface area contributed by atoms with Gasteiger partial charge in [0.15, 0.2) is 6.61 Å². The molecular formula is C40H36ClF3N8O6. The van der Waals surface area contributed by atoms with Gasteiger partial charge in [-0.05, 0) is 72.9 Å². The van der Waals surface area contributed by atoms with Crippen molar-refractivity contribution in [3.63, 3.8) is 0 Å². The van der Waals surface area contributed by atoms with E-state index in [9.17, 15) is 32.3 Å². The van der Waals surface area contributed by atoms with Crippen molar-refractivity contribution in [2.24, 2.45) is 0 Å². The number of benzene rings is 4. The van der Waals surface area contributed by atoms with Gasteiger partial charge in [0, 0.05) is 34.1 Å². The van der Waals surface area contributed by atoms with Crippen LogP contribution in [0, 0.1) is 0 Å². The molecule has 0 radical (unpaired) electrons. The Labute approximate surface area is 334 Å². The summed E-state index contributed by atoms with van der Waals surface area (Å²) >= 11 is 6.04. The Morgan fingerprint density at radius 3 is 2.17 bits per heavy atom. The molecule has 1 aliphatic rings. The number of amides is 3. The van der Waals surface area contributed by atoms with Crippen LogP contribution in [0.15, 0.2) is 103 Å². The molecule has 58 heavy (non-hydrogen) atoms. The number of carbonyl (C=O) groups is 4. The molecule has 4 aromatic carbocycles. The standard InChI is InChI=1S/C40H36ClF3N8O6/c1-57-35(56)31(19-22-45-33(54)34(55)47-30-10-6-5-9-29(30)24-7-3-2-4-8-24)48-32(53)25-11-17-28(18-12-25)46-36-49-37(51-38(50-36)58-23-40(42,43)44)52-39(20-21-39)26-13-15-27(41)16-14-26/h2-18,31H,19-23H2,1H3,(H,45,54)(H,47,55)(H,48,53)(H2,46,49,50,51,52)/t31-/m1/s1. The number of para-hydroxylation sites is 1. The fraction of sp³-hybridized carbons (Fsp3) is 0.225. The van der Waals surface area contributed by atoms with Crippen LogP contribution in [0.25, 0.3) is 11.1 Å². The van der Waals surface area contributed by atoms with Crippen LogP contribution in [0.4, 0.5) is 36.4 Å². The zero-order valence-corrected chi connectivity index (χ0v) is 31.5. The minimum absolute atomic E-state index is 0.0304. The largest absolute Gasteiger partial charge is 0.467 e. The summed E-state index contributed by atoms with van der Waals surface area (Å²) in [5, 5.41) is 14.2. The molecule has 300 valence electrons. The number of ether oxygens (including phenoxy) is 2. The van der Waals surface area contributed by atoms with Crippen LogP contribution in [-0.2, 0) is 24.7 Å². The molecule has 1 aliphatic carbocycles. The molecule has 0 saturated heterocycles. The van der Waals surface area contributed by atoms with Crippen molar-refractivity contribution in [3.05, 3.63) is 119 Å². The zero-order valence-electron chi connectivity index (χ0n) is 30.7. The molecule has 1 saturated carbocycles. The molecule has 1 aromatic heterocycles. The topological polar surface area (TPSA) is 186 Å². The van der Waals surface area contributed by atoms with Crippen LogP contribution in [0.1, 0.15) is 35.2 Å². The van der Waals surface area contributed by atoms with Crippen molar-refractivity contribution >= 4 is 58.6 Å². The van der Waals surface area contributed by atoms with Crippen molar-refractivity contribution < 1.29 is 41.8 Å². The lowest BCUT2D eigenvalue weighted by Crippen LogP contribution is -2.44. The third kappa shape index (κ3) is 11.0. The van der Waals surface area contributed by atoms with Gasteiger partial charge >= 0.3 is 30.0 Å². The molecule has 0 unspecified atom stereocenters. The van der Waals surface area contributed by atoms with Crippen LogP contribution < -0.4 is 31.3 Å². The van der Waals surface area contributed by atoms with Gasteiger partial charge < -0.3 is 36.1 Å². The van der Waals surface area contributed by atoms with Gasteiger partial charge in [-0.2, -0.15) is 28.1 Å². The van der Waals surface area contributed by atoms with Crippen molar-refractivity contribution in [1.82, 2.24) is 25.6 Å². The second kappa shape index (κ2) is 18.0. The fourth-order valence-electron chi connectivity index (χ4n) is 5.79. The maximum absolute atomic E-state index is 13.2. The van der Waals surface area contributed by atoms with Crippen molar-refractivity contribution in [3.8, 4) is 17.1 Å². The van der Waals surface area contributed by atoms with Gasteiger partial charge in [-0.15, -0.1) is 0 Å². The number of alkyl halides is 3. The van der Waals surface area contributed by atoms with E-state index in [-0.39, 0.29) is 30.4 Å². The third-order valence-electron chi connectivity index (χ3n) is 8.86. The van der Waals surface area contributed by atoms with Crippen LogP contribution in [0.2, 0.25) is 5.02 Å². The van der Waals surface area contributed by atoms with E-state index in [0.717, 1.165) is 23.8 Å². The van der Waals surface area contributed by atoms with Gasteiger partial charge in [-0.25, -0.2) is 4.79 Å². The SMILES string of the molecule is COC(=O)[C@@H](CCNC(=O)C(=O)Nc1ccccc1-c1ccccc1)NC(=O)c1ccc(Nc2nc(NC3(c4ccc(Cl)cc4)CC3)nc(OCC(F)(F)F)n2)cc1. The second-order valence-corrected chi connectivity index (χ2v) is 13.5. The summed E-state index contributed by atoms with van der Waals surface area (Å²) < 4.78 is 48.6. The van der Waals surface area contributed by atoms with E-state index >= 15 is 0 Å². The summed E-state index contributed by atoms with van der Waals surface area (Å²) in [5.41, 5.74) is 2.81. The molecule has 3 amide bonds. The highest BCUT2D eigenvalue weighted by molar-refractivity contribution is 6.40. The molecule has 0 bridgehead atoms.